The second-order valence-corrected chi connectivity index (χ2v) is 6.75. The summed E-state index contributed by atoms with van der Waals surface area (Å²) in [5.41, 5.74) is -0.147. The fourth-order valence-corrected chi connectivity index (χ4v) is 4.01. The van der Waals surface area contributed by atoms with Crippen molar-refractivity contribution < 1.29 is 4.79 Å². The van der Waals surface area contributed by atoms with E-state index in [1.54, 1.807) is 29.7 Å². The first-order valence-corrected chi connectivity index (χ1v) is 8.60. The standard InChI is InChI=1S/C17H20N2O2S/c20-15(12-19-10-4-3-9-16(19)21)18-17(13-6-1-2-7-13)14-8-5-11-22-14/h3-5,8-11,13,17H,1-2,6-7,12H2,(H,18,20)/t17-/m1/s1. The monoisotopic (exact) mass is 316 g/mol. The maximum Gasteiger partial charge on any atom is 0.250 e. The van der Waals surface area contributed by atoms with Gasteiger partial charge in [-0.15, -0.1) is 11.3 Å². The van der Waals surface area contributed by atoms with Gasteiger partial charge < -0.3 is 9.88 Å². The number of hydrogen-bond donors (Lipinski definition) is 1. The van der Waals surface area contributed by atoms with Gasteiger partial charge in [-0.3, -0.25) is 9.59 Å². The summed E-state index contributed by atoms with van der Waals surface area (Å²) in [7, 11) is 0. The van der Waals surface area contributed by atoms with Crippen molar-refractivity contribution in [3.8, 4) is 0 Å². The van der Waals surface area contributed by atoms with Crippen molar-refractivity contribution in [2.24, 2.45) is 5.92 Å². The molecule has 0 aromatic carbocycles. The predicted molar refractivity (Wildman–Crippen MR) is 87.9 cm³/mol. The average molecular weight is 316 g/mol. The Labute approximate surface area is 133 Å². The Morgan fingerprint density at radius 2 is 2.09 bits per heavy atom. The highest BCUT2D eigenvalue weighted by molar-refractivity contribution is 7.10. The van der Waals surface area contributed by atoms with Gasteiger partial charge in [0.15, 0.2) is 0 Å². The quantitative estimate of drug-likeness (QED) is 0.922. The summed E-state index contributed by atoms with van der Waals surface area (Å²) in [5, 5.41) is 5.20. The second-order valence-electron chi connectivity index (χ2n) is 5.77. The van der Waals surface area contributed by atoms with Crippen LogP contribution in [0.3, 0.4) is 0 Å². The van der Waals surface area contributed by atoms with Gasteiger partial charge in [0.05, 0.1) is 6.04 Å². The minimum Gasteiger partial charge on any atom is -0.347 e. The lowest BCUT2D eigenvalue weighted by molar-refractivity contribution is -0.122. The van der Waals surface area contributed by atoms with Gasteiger partial charge in [-0.2, -0.15) is 0 Å². The fraction of sp³-hybridized carbons (Fsp3) is 0.412. The van der Waals surface area contributed by atoms with Crippen molar-refractivity contribution in [2.75, 3.05) is 0 Å². The molecule has 116 valence electrons. The van der Waals surface area contributed by atoms with Crippen LogP contribution in [0.5, 0.6) is 0 Å². The number of nitrogens with one attached hydrogen (secondary N) is 1. The molecule has 0 radical (unpaired) electrons. The van der Waals surface area contributed by atoms with Crippen LogP contribution < -0.4 is 10.9 Å². The SMILES string of the molecule is O=C(Cn1ccccc1=O)N[C@@H](c1cccs1)C1CCCC1. The average Bonchev–Trinajstić information content (AvgIpc) is 3.21. The maximum atomic E-state index is 12.4. The third kappa shape index (κ3) is 3.47. The van der Waals surface area contributed by atoms with Crippen LogP contribution >= 0.6 is 11.3 Å². The zero-order valence-electron chi connectivity index (χ0n) is 12.4. The van der Waals surface area contributed by atoms with Crippen LogP contribution in [0, 0.1) is 5.92 Å². The first-order chi connectivity index (χ1) is 10.7. The number of rotatable bonds is 5. The highest BCUT2D eigenvalue weighted by Gasteiger charge is 2.28. The van der Waals surface area contributed by atoms with Gasteiger partial charge in [0, 0.05) is 17.1 Å². The summed E-state index contributed by atoms with van der Waals surface area (Å²) in [6, 6.07) is 9.11. The van der Waals surface area contributed by atoms with E-state index in [9.17, 15) is 9.59 Å². The predicted octanol–water partition coefficient (Wildman–Crippen LogP) is 2.96. The highest BCUT2D eigenvalue weighted by Crippen LogP contribution is 2.37. The minimum atomic E-state index is -0.147. The Bertz CT molecular complexity index is 672. The number of carbonyl (C=O) groups excluding carboxylic acids is 1. The maximum absolute atomic E-state index is 12.4. The molecule has 0 unspecified atom stereocenters. The molecule has 0 aliphatic heterocycles. The number of nitrogens with zero attached hydrogens (tertiary/aromatic N) is 1. The van der Waals surface area contributed by atoms with Crippen molar-refractivity contribution in [3.05, 3.63) is 57.1 Å². The van der Waals surface area contributed by atoms with Gasteiger partial charge in [0.1, 0.15) is 6.54 Å². The highest BCUT2D eigenvalue weighted by atomic mass is 32.1. The van der Waals surface area contributed by atoms with E-state index in [1.165, 1.54) is 28.4 Å². The van der Waals surface area contributed by atoms with E-state index in [2.05, 4.69) is 11.4 Å². The van der Waals surface area contributed by atoms with Crippen molar-refractivity contribution in [1.82, 2.24) is 9.88 Å². The van der Waals surface area contributed by atoms with Crippen LogP contribution in [-0.2, 0) is 11.3 Å². The first kappa shape index (κ1) is 15.0. The van der Waals surface area contributed by atoms with Gasteiger partial charge in [-0.05, 0) is 36.3 Å². The Morgan fingerprint density at radius 3 is 2.77 bits per heavy atom. The van der Waals surface area contributed by atoms with Crippen LogP contribution in [0.4, 0.5) is 0 Å². The normalized spacial score (nSPS) is 16.5. The van der Waals surface area contributed by atoms with Gasteiger partial charge in [0.2, 0.25) is 5.91 Å². The summed E-state index contributed by atoms with van der Waals surface area (Å²) < 4.78 is 1.44. The summed E-state index contributed by atoms with van der Waals surface area (Å²) in [5.74, 6) is 0.411. The molecule has 1 saturated carbocycles. The van der Waals surface area contributed by atoms with Gasteiger partial charge in [-0.1, -0.05) is 25.0 Å². The van der Waals surface area contributed by atoms with E-state index in [0.717, 1.165) is 12.8 Å². The molecule has 4 nitrogen and oxygen atoms in total. The number of amides is 1. The van der Waals surface area contributed by atoms with Crippen LogP contribution in [0.25, 0.3) is 0 Å². The van der Waals surface area contributed by atoms with Crippen LogP contribution in [0.1, 0.15) is 36.6 Å². The fourth-order valence-electron chi connectivity index (χ4n) is 3.15. The lowest BCUT2D eigenvalue weighted by Crippen LogP contribution is -2.36. The molecule has 0 bridgehead atoms. The Balaban J connectivity index is 1.71. The summed E-state index contributed by atoms with van der Waals surface area (Å²) in [4.78, 5) is 25.3. The molecule has 5 heteroatoms. The van der Waals surface area contributed by atoms with Gasteiger partial charge in [-0.25, -0.2) is 0 Å². The van der Waals surface area contributed by atoms with Gasteiger partial charge in [0.25, 0.3) is 5.56 Å². The van der Waals surface area contributed by atoms with Crippen LogP contribution in [0.15, 0.2) is 46.7 Å². The number of thiophene rings is 1. The lowest BCUT2D eigenvalue weighted by Gasteiger charge is -2.24. The number of hydrogen-bond acceptors (Lipinski definition) is 3. The Hall–Kier alpha value is -1.88. The van der Waals surface area contributed by atoms with Crippen LogP contribution in [0.2, 0.25) is 0 Å². The molecule has 22 heavy (non-hydrogen) atoms. The van der Waals surface area contributed by atoms with Gasteiger partial charge >= 0.3 is 0 Å². The van der Waals surface area contributed by atoms with E-state index in [0.29, 0.717) is 5.92 Å². The lowest BCUT2D eigenvalue weighted by atomic mass is 9.96. The molecule has 2 aromatic heterocycles. The minimum absolute atomic E-state index is 0.0776. The van der Waals surface area contributed by atoms with E-state index >= 15 is 0 Å². The zero-order valence-corrected chi connectivity index (χ0v) is 13.2. The Kier molecular flexibility index (Phi) is 4.73. The molecular weight excluding hydrogens is 296 g/mol. The number of carbonyl (C=O) groups is 1. The third-order valence-electron chi connectivity index (χ3n) is 4.25. The molecule has 1 aliphatic rings. The van der Waals surface area contributed by atoms with Crippen LogP contribution in [-0.4, -0.2) is 10.5 Å². The molecule has 0 saturated heterocycles. The zero-order chi connectivity index (χ0) is 15.4. The first-order valence-electron chi connectivity index (χ1n) is 7.72. The van der Waals surface area contributed by atoms with Crippen molar-refractivity contribution >= 4 is 17.2 Å². The van der Waals surface area contributed by atoms with Crippen molar-refractivity contribution in [3.63, 3.8) is 0 Å². The number of aromatic nitrogens is 1. The molecule has 2 aromatic rings. The summed E-state index contributed by atoms with van der Waals surface area (Å²) in [6.07, 6.45) is 6.45. The molecule has 1 fully saturated rings. The summed E-state index contributed by atoms with van der Waals surface area (Å²) in [6.45, 7) is 0.0776. The molecule has 3 rings (SSSR count). The summed E-state index contributed by atoms with van der Waals surface area (Å²) >= 11 is 1.69. The smallest absolute Gasteiger partial charge is 0.250 e. The molecule has 2 heterocycles. The molecule has 1 N–H and O–H groups in total. The van der Waals surface area contributed by atoms with E-state index in [-0.39, 0.29) is 24.1 Å². The molecule has 1 amide bonds. The molecule has 1 atom stereocenters. The van der Waals surface area contributed by atoms with E-state index in [1.807, 2.05) is 11.4 Å². The molecule has 1 aliphatic carbocycles. The van der Waals surface area contributed by atoms with E-state index in [4.69, 9.17) is 0 Å². The molecular formula is C17H20N2O2S. The second kappa shape index (κ2) is 6.92. The third-order valence-corrected chi connectivity index (χ3v) is 5.21. The molecule has 0 spiro atoms. The topological polar surface area (TPSA) is 51.1 Å². The van der Waals surface area contributed by atoms with Crippen molar-refractivity contribution in [1.29, 1.82) is 0 Å². The Morgan fingerprint density at radius 1 is 1.27 bits per heavy atom. The van der Waals surface area contributed by atoms with E-state index < -0.39 is 0 Å². The largest absolute Gasteiger partial charge is 0.347 e. The van der Waals surface area contributed by atoms with Crippen molar-refractivity contribution in [2.45, 2.75) is 38.3 Å². The number of pyridine rings is 1.